The van der Waals surface area contributed by atoms with Crippen LogP contribution >= 0.6 is 0 Å². The van der Waals surface area contributed by atoms with E-state index in [-0.39, 0.29) is 21.9 Å². The molecule has 0 saturated heterocycles. The Hall–Kier alpha value is -4.34. The Labute approximate surface area is 159 Å². The molecule has 0 aliphatic rings. The highest BCUT2D eigenvalue weighted by atomic mass is 16.4. The largest absolute Gasteiger partial charge is 0.507 e. The summed E-state index contributed by atoms with van der Waals surface area (Å²) in [5.41, 5.74) is -3.45. The van der Waals surface area contributed by atoms with Gasteiger partial charge in [0.15, 0.2) is 22.7 Å². The van der Waals surface area contributed by atoms with E-state index in [2.05, 4.69) is 0 Å². The summed E-state index contributed by atoms with van der Waals surface area (Å²) >= 11 is 0. The summed E-state index contributed by atoms with van der Waals surface area (Å²) < 4.78 is 9.91. The van der Waals surface area contributed by atoms with E-state index in [4.69, 9.17) is 8.83 Å². The van der Waals surface area contributed by atoms with Gasteiger partial charge in [-0.3, -0.25) is 0 Å². The van der Waals surface area contributed by atoms with Gasteiger partial charge in [0, 0.05) is 18.1 Å². The van der Waals surface area contributed by atoms with Gasteiger partial charge in [-0.2, -0.15) is 0 Å². The third kappa shape index (κ3) is 2.65. The maximum Gasteiger partial charge on any atom is 0.343 e. The van der Waals surface area contributed by atoms with Crippen molar-refractivity contribution in [2.24, 2.45) is 0 Å². The second-order valence-electron chi connectivity index (χ2n) is 6.27. The summed E-state index contributed by atoms with van der Waals surface area (Å²) in [4.78, 5) is 24.6. The molecule has 2 heterocycles. The minimum atomic E-state index is -1.08. The minimum absolute atomic E-state index is 0.0782. The van der Waals surface area contributed by atoms with Crippen LogP contribution in [0.2, 0.25) is 0 Å². The number of aromatic hydroxyl groups is 6. The molecule has 6 N–H and O–H groups in total. The molecule has 0 atom stereocenters. The van der Waals surface area contributed by atoms with Crippen molar-refractivity contribution in [3.63, 3.8) is 0 Å². The van der Waals surface area contributed by atoms with Gasteiger partial charge in [-0.1, -0.05) is 0 Å². The van der Waals surface area contributed by atoms with Gasteiger partial charge in [0.25, 0.3) is 0 Å². The van der Waals surface area contributed by atoms with Crippen molar-refractivity contribution in [2.45, 2.75) is 6.42 Å². The molecule has 0 aliphatic carbocycles. The standard InChI is InChI=1S/C19H12O10/c20-10-2-1-7-13(23)9(19(27)29-16(7)14(10)24)4-6-3-8-11(21)5-12(22)15(25)17(8)28-18(6)26/h1-3,5,20-25H,4H2. The highest BCUT2D eigenvalue weighted by Gasteiger charge is 2.21. The molecule has 0 amide bonds. The molecule has 4 aromatic rings. The maximum atomic E-state index is 12.3. The average Bonchev–Trinajstić information content (AvgIpc) is 2.67. The molecule has 10 heteroatoms. The van der Waals surface area contributed by atoms with Gasteiger partial charge in [-0.15, -0.1) is 0 Å². The molecule has 0 unspecified atom stereocenters. The maximum absolute atomic E-state index is 12.3. The zero-order valence-electron chi connectivity index (χ0n) is 14.3. The Balaban J connectivity index is 1.93. The Bertz CT molecular complexity index is 1430. The third-order valence-electron chi connectivity index (χ3n) is 4.49. The van der Waals surface area contributed by atoms with Crippen LogP contribution < -0.4 is 11.3 Å². The quantitative estimate of drug-likeness (QED) is 0.165. The number of hydrogen-bond acceptors (Lipinski definition) is 10. The van der Waals surface area contributed by atoms with Crippen molar-refractivity contribution in [2.75, 3.05) is 0 Å². The second-order valence-corrected chi connectivity index (χ2v) is 6.27. The average molecular weight is 400 g/mol. The van der Waals surface area contributed by atoms with Gasteiger partial charge in [-0.05, 0) is 18.2 Å². The fraction of sp³-hybridized carbons (Fsp3) is 0.0526. The number of rotatable bonds is 2. The Kier molecular flexibility index (Phi) is 3.79. The van der Waals surface area contributed by atoms with Crippen LogP contribution in [0.15, 0.2) is 42.7 Å². The van der Waals surface area contributed by atoms with Crippen LogP contribution in [0.3, 0.4) is 0 Å². The van der Waals surface area contributed by atoms with Crippen LogP contribution in [0.25, 0.3) is 21.9 Å². The molecule has 0 saturated carbocycles. The molecule has 2 aromatic carbocycles. The second kappa shape index (κ2) is 6.09. The number of fused-ring (bicyclic) bond motifs is 2. The van der Waals surface area contributed by atoms with E-state index in [0.717, 1.165) is 18.2 Å². The van der Waals surface area contributed by atoms with Crippen LogP contribution in [-0.2, 0) is 6.42 Å². The van der Waals surface area contributed by atoms with Gasteiger partial charge in [0.2, 0.25) is 11.5 Å². The van der Waals surface area contributed by atoms with E-state index in [0.29, 0.717) is 0 Å². The van der Waals surface area contributed by atoms with E-state index in [1.807, 2.05) is 0 Å². The number of benzene rings is 2. The zero-order valence-corrected chi connectivity index (χ0v) is 14.3. The molecule has 148 valence electrons. The Morgan fingerprint density at radius 2 is 1.28 bits per heavy atom. The van der Waals surface area contributed by atoms with Gasteiger partial charge in [-0.25, -0.2) is 9.59 Å². The molecule has 0 fully saturated rings. The van der Waals surface area contributed by atoms with Crippen LogP contribution in [0, 0.1) is 0 Å². The summed E-state index contributed by atoms with van der Waals surface area (Å²) in [5.74, 6) is -3.79. The first-order valence-electron chi connectivity index (χ1n) is 8.09. The van der Waals surface area contributed by atoms with Gasteiger partial charge in [0.1, 0.15) is 11.5 Å². The van der Waals surface area contributed by atoms with Crippen molar-refractivity contribution in [3.8, 4) is 34.5 Å². The van der Waals surface area contributed by atoms with Crippen LogP contribution in [-0.4, -0.2) is 30.6 Å². The number of phenolic OH excluding ortho intramolecular Hbond substituents is 5. The van der Waals surface area contributed by atoms with Gasteiger partial charge in [0.05, 0.1) is 16.3 Å². The molecule has 10 nitrogen and oxygen atoms in total. The van der Waals surface area contributed by atoms with E-state index in [1.54, 1.807) is 0 Å². The molecule has 0 bridgehead atoms. The Morgan fingerprint density at radius 1 is 0.655 bits per heavy atom. The topological polar surface area (TPSA) is 182 Å². The smallest absolute Gasteiger partial charge is 0.343 e. The molecule has 0 spiro atoms. The minimum Gasteiger partial charge on any atom is -0.507 e. The zero-order chi connectivity index (χ0) is 21.0. The van der Waals surface area contributed by atoms with Gasteiger partial charge >= 0.3 is 11.3 Å². The first-order valence-corrected chi connectivity index (χ1v) is 8.09. The first kappa shape index (κ1) is 18.0. The van der Waals surface area contributed by atoms with E-state index < -0.39 is 63.3 Å². The molecular formula is C19H12O10. The van der Waals surface area contributed by atoms with Gasteiger partial charge < -0.3 is 39.5 Å². The first-order chi connectivity index (χ1) is 13.7. The lowest BCUT2D eigenvalue weighted by molar-refractivity contribution is 0.391. The SMILES string of the molecule is O=c1oc2c(O)c(O)cc(O)c2cc1Cc1c(O)c2ccc(O)c(O)c2oc1=O. The van der Waals surface area contributed by atoms with Crippen molar-refractivity contribution in [1.82, 2.24) is 0 Å². The fourth-order valence-corrected chi connectivity index (χ4v) is 3.00. The predicted octanol–water partition coefficient (Wildman–Crippen LogP) is 1.72. The van der Waals surface area contributed by atoms with Crippen molar-refractivity contribution >= 4 is 21.9 Å². The van der Waals surface area contributed by atoms with Crippen molar-refractivity contribution in [1.29, 1.82) is 0 Å². The lowest BCUT2D eigenvalue weighted by atomic mass is 10.0. The van der Waals surface area contributed by atoms with Crippen LogP contribution in [0.5, 0.6) is 34.5 Å². The predicted molar refractivity (Wildman–Crippen MR) is 97.8 cm³/mol. The summed E-state index contributed by atoms with van der Waals surface area (Å²) in [6, 6.07) is 4.27. The van der Waals surface area contributed by atoms with Crippen LogP contribution in [0.4, 0.5) is 0 Å². The highest BCUT2D eigenvalue weighted by Crippen LogP contribution is 2.40. The highest BCUT2D eigenvalue weighted by molar-refractivity contribution is 5.91. The fourth-order valence-electron chi connectivity index (χ4n) is 3.00. The monoisotopic (exact) mass is 400 g/mol. The summed E-state index contributed by atoms with van der Waals surface area (Å²) in [7, 11) is 0. The lowest BCUT2D eigenvalue weighted by Crippen LogP contribution is -2.14. The summed E-state index contributed by atoms with van der Waals surface area (Å²) in [5, 5.41) is 58.8. The van der Waals surface area contributed by atoms with Crippen molar-refractivity contribution < 1.29 is 39.5 Å². The summed E-state index contributed by atoms with van der Waals surface area (Å²) in [6.45, 7) is 0. The van der Waals surface area contributed by atoms with Crippen molar-refractivity contribution in [3.05, 3.63) is 56.2 Å². The summed E-state index contributed by atoms with van der Waals surface area (Å²) in [6.07, 6.45) is -0.467. The molecule has 4 rings (SSSR count). The molecule has 2 aromatic heterocycles. The normalized spacial score (nSPS) is 11.3. The molecular weight excluding hydrogens is 388 g/mol. The molecule has 0 radical (unpaired) electrons. The number of hydrogen-bond donors (Lipinski definition) is 6. The third-order valence-corrected chi connectivity index (χ3v) is 4.49. The lowest BCUT2D eigenvalue weighted by Gasteiger charge is -2.09. The van der Waals surface area contributed by atoms with E-state index in [9.17, 15) is 40.2 Å². The van der Waals surface area contributed by atoms with E-state index >= 15 is 0 Å². The molecule has 29 heavy (non-hydrogen) atoms. The molecule has 0 aliphatic heterocycles. The van der Waals surface area contributed by atoms with Crippen LogP contribution in [0.1, 0.15) is 11.1 Å². The number of phenols is 5. The Morgan fingerprint density at radius 3 is 2.00 bits per heavy atom. The van der Waals surface area contributed by atoms with E-state index in [1.165, 1.54) is 6.07 Å².